The molecule has 0 bridgehead atoms. The van der Waals surface area contributed by atoms with Crippen molar-refractivity contribution in [1.82, 2.24) is 0 Å². The molecule has 0 heterocycles. The molecule has 0 aliphatic rings. The highest BCUT2D eigenvalue weighted by Gasteiger charge is 2.05. The molecule has 0 spiro atoms. The lowest BCUT2D eigenvalue weighted by atomic mass is 10.8. The van der Waals surface area contributed by atoms with Crippen molar-refractivity contribution in [3.63, 3.8) is 0 Å². The second-order valence-corrected chi connectivity index (χ2v) is 1.76. The minimum absolute atomic E-state index is 0.0995. The third-order valence-corrected chi connectivity index (χ3v) is 1.02. The molecule has 2 N–H and O–H groups in total. The Morgan fingerprint density at radius 3 is 1.73 bits per heavy atom. The minimum Gasteiger partial charge on any atom is -0.385 e. The Hall–Kier alpha value is -0.790. The number of carbonyl (C=O) groups is 2. The van der Waals surface area contributed by atoms with E-state index in [1.165, 1.54) is 0 Å². The summed E-state index contributed by atoms with van der Waals surface area (Å²) in [5.74, 6) is -1.86. The molecule has 0 aliphatic carbocycles. The van der Waals surface area contributed by atoms with E-state index in [0.29, 0.717) is 0 Å². The minimum atomic E-state index is -0.930. The van der Waals surface area contributed by atoms with E-state index in [4.69, 9.17) is 10.2 Å². The number of aliphatic hydroxyl groups excluding tert-OH is 2. The number of rotatable bonds is 4. The lowest BCUT2D eigenvalue weighted by Crippen LogP contribution is -2.08. The van der Waals surface area contributed by atoms with Gasteiger partial charge in [-0.15, -0.1) is 0 Å². The van der Waals surface area contributed by atoms with E-state index in [0.717, 1.165) is 0 Å². The van der Waals surface area contributed by atoms with Crippen LogP contribution in [0, 0.1) is 0 Å². The van der Waals surface area contributed by atoms with Gasteiger partial charge in [-0.2, -0.15) is 0 Å². The molecule has 0 atom stereocenters. The molecule has 0 rings (SSSR count). The summed E-state index contributed by atoms with van der Waals surface area (Å²) < 4.78 is 8.07. The fourth-order valence-corrected chi connectivity index (χ4v) is 0.437. The average Bonchev–Trinajstić information content (AvgIpc) is 2.04. The maximum absolute atomic E-state index is 10.1. The van der Waals surface area contributed by atoms with Crippen LogP contribution in [0.15, 0.2) is 0 Å². The van der Waals surface area contributed by atoms with E-state index in [1.807, 2.05) is 0 Å². The highest BCUT2D eigenvalue weighted by Crippen LogP contribution is 2.04. The van der Waals surface area contributed by atoms with Crippen LogP contribution < -0.4 is 0 Å². The molecular weight excluding hydrogens is 176 g/mol. The summed E-state index contributed by atoms with van der Waals surface area (Å²) in [6.45, 7) is -1.58. The Balaban J connectivity index is 3.27. The number of carbonyl (C=O) groups excluding carboxylic acids is 2. The summed E-state index contributed by atoms with van der Waals surface area (Å²) >= 11 is 0.0995. The van der Waals surface area contributed by atoms with E-state index in [1.54, 1.807) is 0 Å². The maximum atomic E-state index is 10.1. The molecule has 7 heteroatoms. The number of hydrogen-bond acceptors (Lipinski definition) is 7. The molecule has 0 saturated heterocycles. The van der Waals surface area contributed by atoms with Crippen LogP contribution >= 0.6 is 12.3 Å². The number of aliphatic hydroxyl groups is 2. The number of hydrogen-bond donors (Lipinski definition) is 2. The van der Waals surface area contributed by atoms with Gasteiger partial charge in [-0.05, 0) is 0 Å². The van der Waals surface area contributed by atoms with Crippen molar-refractivity contribution in [1.29, 1.82) is 0 Å². The van der Waals surface area contributed by atoms with Crippen molar-refractivity contribution >= 4 is 24.3 Å². The van der Waals surface area contributed by atoms with Crippen LogP contribution in [0.4, 0.5) is 0 Å². The predicted octanol–water partition coefficient (Wildman–Crippen LogP) is -1.38. The third kappa shape index (κ3) is 5.64. The normalized spacial score (nSPS) is 8.91. The molecular formula is C4H6O6S. The van der Waals surface area contributed by atoms with E-state index < -0.39 is 25.2 Å². The van der Waals surface area contributed by atoms with E-state index in [-0.39, 0.29) is 12.3 Å². The van der Waals surface area contributed by atoms with Gasteiger partial charge in [0.15, 0.2) is 0 Å². The lowest BCUT2D eigenvalue weighted by Gasteiger charge is -1.97. The van der Waals surface area contributed by atoms with E-state index >= 15 is 0 Å². The molecule has 0 aliphatic heterocycles. The molecule has 0 aromatic rings. The fourth-order valence-electron chi connectivity index (χ4n) is 0.146. The van der Waals surface area contributed by atoms with Crippen molar-refractivity contribution in [2.24, 2.45) is 0 Å². The fraction of sp³-hybridized carbons (Fsp3) is 0.500. The quantitative estimate of drug-likeness (QED) is 0.517. The summed E-state index contributed by atoms with van der Waals surface area (Å²) in [6, 6.07) is 0. The van der Waals surface area contributed by atoms with E-state index in [9.17, 15) is 9.59 Å². The third-order valence-electron chi connectivity index (χ3n) is 0.512. The van der Waals surface area contributed by atoms with Crippen LogP contribution in [0.25, 0.3) is 0 Å². The summed E-state index contributed by atoms with van der Waals surface area (Å²) in [5.41, 5.74) is 0. The van der Waals surface area contributed by atoms with Gasteiger partial charge < -0.3 is 18.6 Å². The molecule has 0 saturated carbocycles. The molecule has 6 nitrogen and oxygen atoms in total. The van der Waals surface area contributed by atoms with Crippen molar-refractivity contribution < 1.29 is 28.2 Å². The smallest absolute Gasteiger partial charge is 0.346 e. The first-order chi connectivity index (χ1) is 5.20. The lowest BCUT2D eigenvalue weighted by molar-refractivity contribution is -0.139. The molecule has 0 amide bonds. The zero-order valence-electron chi connectivity index (χ0n) is 5.35. The van der Waals surface area contributed by atoms with Crippen molar-refractivity contribution in [3.8, 4) is 0 Å². The first-order valence-electron chi connectivity index (χ1n) is 2.49. The molecule has 64 valence electrons. The zero-order valence-corrected chi connectivity index (χ0v) is 6.17. The molecule has 0 radical (unpaired) electrons. The average molecular weight is 182 g/mol. The summed E-state index contributed by atoms with van der Waals surface area (Å²) in [4.78, 5) is 20.3. The first kappa shape index (κ1) is 10.2. The van der Waals surface area contributed by atoms with Crippen LogP contribution in [0.3, 0.4) is 0 Å². The van der Waals surface area contributed by atoms with Crippen LogP contribution in [-0.2, 0) is 18.0 Å². The van der Waals surface area contributed by atoms with Crippen LogP contribution in [0.2, 0.25) is 0 Å². The first-order valence-corrected chi connectivity index (χ1v) is 3.16. The Labute approximate surface area is 66.5 Å². The monoisotopic (exact) mass is 182 g/mol. The molecule has 0 unspecified atom stereocenters. The molecule has 0 aromatic heterocycles. The van der Waals surface area contributed by atoms with Gasteiger partial charge in [-0.25, -0.2) is 9.59 Å². The van der Waals surface area contributed by atoms with Gasteiger partial charge in [-0.3, -0.25) is 0 Å². The largest absolute Gasteiger partial charge is 0.385 e. The Morgan fingerprint density at radius 1 is 1.09 bits per heavy atom. The topological polar surface area (TPSA) is 93.1 Å². The van der Waals surface area contributed by atoms with Gasteiger partial charge in [0.2, 0.25) is 0 Å². The van der Waals surface area contributed by atoms with Crippen molar-refractivity contribution in [3.05, 3.63) is 0 Å². The maximum Gasteiger partial charge on any atom is 0.346 e. The van der Waals surface area contributed by atoms with Gasteiger partial charge in [0.05, 0.1) is 0 Å². The Morgan fingerprint density at radius 2 is 1.45 bits per heavy atom. The van der Waals surface area contributed by atoms with Crippen LogP contribution in [0.5, 0.6) is 0 Å². The highest BCUT2D eigenvalue weighted by molar-refractivity contribution is 7.90. The van der Waals surface area contributed by atoms with Gasteiger partial charge >= 0.3 is 11.9 Å². The summed E-state index contributed by atoms with van der Waals surface area (Å²) in [6.07, 6.45) is 0. The van der Waals surface area contributed by atoms with Crippen LogP contribution in [-0.4, -0.2) is 35.4 Å². The van der Waals surface area contributed by atoms with Crippen molar-refractivity contribution in [2.75, 3.05) is 13.2 Å². The molecule has 0 aromatic carbocycles. The molecule has 0 fully saturated rings. The van der Waals surface area contributed by atoms with Gasteiger partial charge in [-0.1, -0.05) is 0 Å². The highest BCUT2D eigenvalue weighted by atomic mass is 32.2. The van der Waals surface area contributed by atoms with Gasteiger partial charge in [0, 0.05) is 0 Å². The molecule has 11 heavy (non-hydrogen) atoms. The van der Waals surface area contributed by atoms with Gasteiger partial charge in [0.25, 0.3) is 12.3 Å². The predicted molar refractivity (Wildman–Crippen MR) is 33.9 cm³/mol. The Kier molecular flexibility index (Phi) is 5.53. The summed E-state index contributed by atoms with van der Waals surface area (Å²) in [5, 5.41) is 16.2. The SMILES string of the molecule is O=C(CO)OSOC(=O)CO. The van der Waals surface area contributed by atoms with E-state index in [2.05, 4.69) is 8.37 Å². The second-order valence-electron chi connectivity index (χ2n) is 1.29. The summed E-state index contributed by atoms with van der Waals surface area (Å²) in [7, 11) is 0. The van der Waals surface area contributed by atoms with Gasteiger partial charge in [0.1, 0.15) is 13.2 Å². The van der Waals surface area contributed by atoms with Crippen molar-refractivity contribution in [2.45, 2.75) is 0 Å². The second kappa shape index (κ2) is 5.96. The van der Waals surface area contributed by atoms with Crippen LogP contribution in [0.1, 0.15) is 0 Å². The zero-order chi connectivity index (χ0) is 8.69. The Bertz CT molecular complexity index is 130. The standard InChI is InChI=1S/C4H6O6S/c5-1-3(7)9-11-10-4(8)2-6/h5-6H,1-2H2.